The summed E-state index contributed by atoms with van der Waals surface area (Å²) in [6.07, 6.45) is 4.38. The molecule has 0 unspecified atom stereocenters. The minimum Gasteiger partial charge on any atom is -0.385 e. The van der Waals surface area contributed by atoms with E-state index in [0.717, 1.165) is 25.8 Å². The molecule has 2 aromatic rings. The van der Waals surface area contributed by atoms with Gasteiger partial charge in [-0.1, -0.05) is 5.16 Å². The number of carbonyl (C=O) groups is 1. The quantitative estimate of drug-likeness (QED) is 0.802. The summed E-state index contributed by atoms with van der Waals surface area (Å²) in [5, 5.41) is 11.0. The first-order chi connectivity index (χ1) is 12.2. The third-order valence-corrected chi connectivity index (χ3v) is 4.29. The number of nitrogens with zero attached hydrogens (tertiary/aromatic N) is 5. The fourth-order valence-electron chi connectivity index (χ4n) is 2.92. The number of anilines is 1. The molecule has 2 aromatic heterocycles. The van der Waals surface area contributed by atoms with E-state index in [1.165, 1.54) is 0 Å². The first kappa shape index (κ1) is 17.4. The number of aromatic nitrogens is 4. The molecule has 0 bridgehead atoms. The summed E-state index contributed by atoms with van der Waals surface area (Å²) in [6, 6.07) is 1.68. The summed E-state index contributed by atoms with van der Waals surface area (Å²) < 4.78 is 12.1. The maximum Gasteiger partial charge on any atom is 0.323 e. The van der Waals surface area contributed by atoms with E-state index in [1.807, 2.05) is 13.1 Å². The first-order valence-corrected chi connectivity index (χ1v) is 8.54. The smallest absolute Gasteiger partial charge is 0.323 e. The Labute approximate surface area is 146 Å². The van der Waals surface area contributed by atoms with Gasteiger partial charge in [-0.25, -0.2) is 4.79 Å². The van der Waals surface area contributed by atoms with Gasteiger partial charge in [-0.3, -0.25) is 10.00 Å². The Morgan fingerprint density at radius 3 is 2.92 bits per heavy atom. The molecule has 3 rings (SSSR count). The molecule has 9 heteroatoms. The molecule has 1 N–H and O–H groups in total. The number of carbonyl (C=O) groups excluding carboxylic acids is 1. The number of ether oxygens (including phenoxy) is 1. The van der Waals surface area contributed by atoms with Gasteiger partial charge in [0, 0.05) is 51.5 Å². The molecule has 9 nitrogen and oxygen atoms in total. The highest BCUT2D eigenvalue weighted by Gasteiger charge is 2.27. The lowest BCUT2D eigenvalue weighted by Gasteiger charge is -2.30. The Balaban J connectivity index is 1.46. The number of piperidine rings is 1. The van der Waals surface area contributed by atoms with E-state index in [1.54, 1.807) is 22.8 Å². The molecule has 25 heavy (non-hydrogen) atoms. The molecule has 1 fully saturated rings. The van der Waals surface area contributed by atoms with E-state index in [9.17, 15) is 4.79 Å². The van der Waals surface area contributed by atoms with Crippen molar-refractivity contribution in [2.75, 3.05) is 32.1 Å². The Hall–Kier alpha value is -2.42. The maximum absolute atomic E-state index is 12.4. The monoisotopic (exact) mass is 348 g/mol. The topological polar surface area (TPSA) is 98.3 Å². The number of urea groups is 1. The summed E-state index contributed by atoms with van der Waals surface area (Å²) in [4.78, 5) is 18.5. The van der Waals surface area contributed by atoms with Crippen LogP contribution in [0.5, 0.6) is 0 Å². The number of hydrogen-bond acceptors (Lipinski definition) is 6. The van der Waals surface area contributed by atoms with Crippen molar-refractivity contribution in [2.45, 2.75) is 38.6 Å². The van der Waals surface area contributed by atoms with Crippen molar-refractivity contribution in [3.8, 4) is 0 Å². The second-order valence-corrected chi connectivity index (χ2v) is 6.18. The van der Waals surface area contributed by atoms with Gasteiger partial charge >= 0.3 is 6.03 Å². The molecule has 0 spiro atoms. The van der Waals surface area contributed by atoms with Crippen molar-refractivity contribution < 1.29 is 14.1 Å². The molecule has 1 saturated heterocycles. The fraction of sp³-hybridized carbons (Fsp3) is 0.625. The second kappa shape index (κ2) is 8.11. The van der Waals surface area contributed by atoms with Crippen LogP contribution in [0.4, 0.5) is 10.6 Å². The van der Waals surface area contributed by atoms with Crippen LogP contribution in [0.1, 0.15) is 36.9 Å². The molecule has 0 aromatic carbocycles. The predicted molar refractivity (Wildman–Crippen MR) is 90.3 cm³/mol. The normalized spacial score (nSPS) is 15.5. The predicted octanol–water partition coefficient (Wildman–Crippen LogP) is 2.02. The molecule has 3 heterocycles. The number of nitrogens with one attached hydrogen (secondary N) is 1. The minimum atomic E-state index is -0.123. The van der Waals surface area contributed by atoms with E-state index >= 15 is 0 Å². The third kappa shape index (κ3) is 4.56. The number of aryl methyl sites for hydroxylation is 2. The molecule has 0 saturated carbocycles. The van der Waals surface area contributed by atoms with Gasteiger partial charge in [-0.05, 0) is 26.2 Å². The summed E-state index contributed by atoms with van der Waals surface area (Å²) in [6.45, 7) is 4.58. The molecule has 2 amide bonds. The average Bonchev–Trinajstić information content (AvgIpc) is 3.24. The van der Waals surface area contributed by atoms with E-state index in [-0.39, 0.29) is 11.9 Å². The van der Waals surface area contributed by atoms with Gasteiger partial charge in [0.15, 0.2) is 11.6 Å². The van der Waals surface area contributed by atoms with Crippen LogP contribution in [-0.2, 0) is 11.3 Å². The first-order valence-electron chi connectivity index (χ1n) is 8.54. The molecule has 136 valence electrons. The Morgan fingerprint density at radius 2 is 2.24 bits per heavy atom. The zero-order valence-corrected chi connectivity index (χ0v) is 14.6. The lowest BCUT2D eigenvalue weighted by Crippen LogP contribution is -2.40. The van der Waals surface area contributed by atoms with Gasteiger partial charge in [0.05, 0.1) is 0 Å². The maximum atomic E-state index is 12.4. The summed E-state index contributed by atoms with van der Waals surface area (Å²) >= 11 is 0. The van der Waals surface area contributed by atoms with E-state index in [0.29, 0.717) is 37.2 Å². The molecule has 0 atom stereocenters. The molecular weight excluding hydrogens is 324 g/mol. The summed E-state index contributed by atoms with van der Waals surface area (Å²) in [7, 11) is 1.68. The molecule has 1 aliphatic rings. The Morgan fingerprint density at radius 1 is 1.44 bits per heavy atom. The largest absolute Gasteiger partial charge is 0.385 e. The van der Waals surface area contributed by atoms with Crippen LogP contribution in [0.15, 0.2) is 16.8 Å². The van der Waals surface area contributed by atoms with Crippen molar-refractivity contribution >= 4 is 11.8 Å². The van der Waals surface area contributed by atoms with Crippen LogP contribution in [-0.4, -0.2) is 57.7 Å². The van der Waals surface area contributed by atoms with Gasteiger partial charge in [0.2, 0.25) is 5.89 Å². The number of rotatable bonds is 6. The lowest BCUT2D eigenvalue weighted by molar-refractivity contribution is 0.187. The number of likely N-dealkylation sites (tertiary alicyclic amines) is 1. The molecule has 0 aliphatic carbocycles. The van der Waals surface area contributed by atoms with E-state index < -0.39 is 0 Å². The van der Waals surface area contributed by atoms with Gasteiger partial charge in [0.25, 0.3) is 0 Å². The number of hydrogen-bond donors (Lipinski definition) is 1. The van der Waals surface area contributed by atoms with E-state index in [2.05, 4.69) is 20.6 Å². The minimum absolute atomic E-state index is 0.123. The Bertz CT molecular complexity index is 690. The van der Waals surface area contributed by atoms with Crippen molar-refractivity contribution in [1.29, 1.82) is 0 Å². The molecule has 0 radical (unpaired) electrons. The van der Waals surface area contributed by atoms with Gasteiger partial charge < -0.3 is 14.2 Å². The zero-order chi connectivity index (χ0) is 17.6. The van der Waals surface area contributed by atoms with Gasteiger partial charge in [-0.15, -0.1) is 0 Å². The van der Waals surface area contributed by atoms with Crippen LogP contribution in [0.2, 0.25) is 0 Å². The van der Waals surface area contributed by atoms with E-state index in [4.69, 9.17) is 9.26 Å². The molecular formula is C16H24N6O3. The van der Waals surface area contributed by atoms with Crippen LogP contribution in [0.3, 0.4) is 0 Å². The highest BCUT2D eigenvalue weighted by Crippen LogP contribution is 2.26. The lowest BCUT2D eigenvalue weighted by atomic mass is 9.97. The van der Waals surface area contributed by atoms with Gasteiger partial charge in [0.1, 0.15) is 0 Å². The fourth-order valence-corrected chi connectivity index (χ4v) is 2.92. The van der Waals surface area contributed by atoms with Gasteiger partial charge in [-0.2, -0.15) is 10.1 Å². The number of amides is 2. The van der Waals surface area contributed by atoms with Crippen LogP contribution in [0, 0.1) is 6.92 Å². The van der Waals surface area contributed by atoms with Crippen molar-refractivity contribution in [3.63, 3.8) is 0 Å². The second-order valence-electron chi connectivity index (χ2n) is 6.18. The summed E-state index contributed by atoms with van der Waals surface area (Å²) in [5.41, 5.74) is 0. The highest BCUT2D eigenvalue weighted by atomic mass is 16.5. The molecule has 1 aliphatic heterocycles. The summed E-state index contributed by atoms with van der Waals surface area (Å²) in [5.74, 6) is 2.12. The highest BCUT2D eigenvalue weighted by molar-refractivity contribution is 5.88. The number of methoxy groups -OCH3 is 1. The SMILES string of the molecule is COCCCn1ccc(NC(=O)N2CCC(c3nc(C)no3)CC2)n1. The standard InChI is InChI=1S/C16H24N6O3/c1-12-17-15(25-20-12)13-4-8-21(9-5-13)16(23)18-14-6-10-22(19-14)7-3-11-24-2/h6,10,13H,3-5,7-9,11H2,1-2H3,(H,18,19,23). The van der Waals surface area contributed by atoms with Crippen molar-refractivity contribution in [2.24, 2.45) is 0 Å². The average molecular weight is 348 g/mol. The van der Waals surface area contributed by atoms with Crippen LogP contribution >= 0.6 is 0 Å². The van der Waals surface area contributed by atoms with Crippen molar-refractivity contribution in [3.05, 3.63) is 24.0 Å². The van der Waals surface area contributed by atoms with Crippen molar-refractivity contribution in [1.82, 2.24) is 24.8 Å². The van der Waals surface area contributed by atoms with Crippen LogP contribution < -0.4 is 5.32 Å². The van der Waals surface area contributed by atoms with Crippen LogP contribution in [0.25, 0.3) is 0 Å². The Kier molecular flexibility index (Phi) is 5.64. The zero-order valence-electron chi connectivity index (χ0n) is 14.6. The third-order valence-electron chi connectivity index (χ3n) is 4.29.